The van der Waals surface area contributed by atoms with Crippen LogP contribution in [0.4, 0.5) is 4.39 Å². The standard InChI is InChI=1S/C19H16FN3O2/c1-25-17-14(3-2-4-16(17)20)18-21-9-10-23(18)13-6-5-12-7-8-22-19(24)15(12)11-13/h2-6,9-11H,7-8H2,1H3,(H,22,24). The Morgan fingerprint density at radius 2 is 2.12 bits per heavy atom. The zero-order valence-electron chi connectivity index (χ0n) is 13.6. The highest BCUT2D eigenvalue weighted by molar-refractivity contribution is 5.97. The fraction of sp³-hybridized carbons (Fsp3) is 0.158. The second-order valence-electron chi connectivity index (χ2n) is 5.79. The number of halogens is 1. The third-order valence-electron chi connectivity index (χ3n) is 4.35. The van der Waals surface area contributed by atoms with E-state index < -0.39 is 5.82 Å². The molecule has 0 saturated carbocycles. The monoisotopic (exact) mass is 337 g/mol. The quantitative estimate of drug-likeness (QED) is 0.799. The third kappa shape index (κ3) is 2.55. The van der Waals surface area contributed by atoms with Crippen LogP contribution in [0.15, 0.2) is 48.8 Å². The van der Waals surface area contributed by atoms with Gasteiger partial charge in [-0.25, -0.2) is 9.37 Å². The third-order valence-corrected chi connectivity index (χ3v) is 4.35. The molecule has 6 heteroatoms. The average molecular weight is 337 g/mol. The average Bonchev–Trinajstić information content (AvgIpc) is 3.11. The molecule has 5 nitrogen and oxygen atoms in total. The number of carbonyl (C=O) groups excluding carboxylic acids is 1. The normalized spacial score (nSPS) is 13.3. The first-order chi connectivity index (χ1) is 12.2. The van der Waals surface area contributed by atoms with E-state index in [1.165, 1.54) is 13.2 Å². The summed E-state index contributed by atoms with van der Waals surface area (Å²) in [6, 6.07) is 10.4. The van der Waals surface area contributed by atoms with Crippen molar-refractivity contribution in [3.05, 3.63) is 65.7 Å². The number of imidazole rings is 1. The van der Waals surface area contributed by atoms with Gasteiger partial charge in [-0.2, -0.15) is 0 Å². The fourth-order valence-corrected chi connectivity index (χ4v) is 3.15. The van der Waals surface area contributed by atoms with Gasteiger partial charge in [-0.1, -0.05) is 12.1 Å². The lowest BCUT2D eigenvalue weighted by Gasteiger charge is -2.18. The molecular weight excluding hydrogens is 321 g/mol. The van der Waals surface area contributed by atoms with Crippen molar-refractivity contribution in [2.45, 2.75) is 6.42 Å². The zero-order chi connectivity index (χ0) is 17.4. The van der Waals surface area contributed by atoms with Gasteiger partial charge in [0.2, 0.25) is 0 Å². The maximum Gasteiger partial charge on any atom is 0.251 e. The van der Waals surface area contributed by atoms with Crippen molar-refractivity contribution < 1.29 is 13.9 Å². The molecule has 1 aliphatic rings. The van der Waals surface area contributed by atoms with Crippen LogP contribution in [0.25, 0.3) is 17.1 Å². The number of carbonyl (C=O) groups is 1. The molecule has 0 atom stereocenters. The summed E-state index contributed by atoms with van der Waals surface area (Å²) in [4.78, 5) is 16.5. The van der Waals surface area contributed by atoms with E-state index in [2.05, 4.69) is 10.3 Å². The number of para-hydroxylation sites is 1. The Kier molecular flexibility index (Phi) is 3.72. The molecule has 0 fully saturated rings. The molecule has 25 heavy (non-hydrogen) atoms. The lowest BCUT2D eigenvalue weighted by Crippen LogP contribution is -2.31. The van der Waals surface area contributed by atoms with Crippen LogP contribution in [0.5, 0.6) is 5.75 Å². The molecule has 1 N–H and O–H groups in total. The number of nitrogens with zero attached hydrogens (tertiary/aromatic N) is 2. The largest absolute Gasteiger partial charge is 0.493 e. The van der Waals surface area contributed by atoms with Crippen molar-refractivity contribution >= 4 is 5.91 Å². The van der Waals surface area contributed by atoms with Gasteiger partial charge >= 0.3 is 0 Å². The van der Waals surface area contributed by atoms with Gasteiger partial charge in [-0.05, 0) is 36.2 Å². The van der Waals surface area contributed by atoms with E-state index in [4.69, 9.17) is 4.74 Å². The molecule has 0 aliphatic carbocycles. The molecule has 126 valence electrons. The molecule has 0 bridgehead atoms. The maximum absolute atomic E-state index is 14.0. The summed E-state index contributed by atoms with van der Waals surface area (Å²) >= 11 is 0. The lowest BCUT2D eigenvalue weighted by molar-refractivity contribution is 0.0946. The fourth-order valence-electron chi connectivity index (χ4n) is 3.15. The van der Waals surface area contributed by atoms with Crippen LogP contribution < -0.4 is 10.1 Å². The van der Waals surface area contributed by atoms with E-state index in [0.717, 1.165) is 17.7 Å². The first-order valence-electron chi connectivity index (χ1n) is 7.97. The number of methoxy groups -OCH3 is 1. The molecule has 4 rings (SSSR count). The molecule has 1 aliphatic heterocycles. The van der Waals surface area contributed by atoms with Gasteiger partial charge in [0.1, 0.15) is 5.82 Å². The minimum absolute atomic E-state index is 0.0758. The number of benzene rings is 2. The SMILES string of the molecule is COc1c(F)cccc1-c1nccn1-c1ccc2c(c1)C(=O)NCC2. The number of amides is 1. The molecule has 0 saturated heterocycles. The molecule has 0 spiro atoms. The van der Waals surface area contributed by atoms with Crippen LogP contribution in [0.2, 0.25) is 0 Å². The van der Waals surface area contributed by atoms with Crippen molar-refractivity contribution in [3.8, 4) is 22.8 Å². The molecule has 1 amide bonds. The van der Waals surface area contributed by atoms with Gasteiger partial charge in [-0.15, -0.1) is 0 Å². The molecule has 3 aromatic rings. The van der Waals surface area contributed by atoms with Crippen molar-refractivity contribution in [2.75, 3.05) is 13.7 Å². The van der Waals surface area contributed by atoms with Crippen molar-refractivity contribution in [1.29, 1.82) is 0 Å². The van der Waals surface area contributed by atoms with Crippen molar-refractivity contribution in [2.24, 2.45) is 0 Å². The maximum atomic E-state index is 14.0. The lowest BCUT2D eigenvalue weighted by atomic mass is 9.99. The summed E-state index contributed by atoms with van der Waals surface area (Å²) in [6.07, 6.45) is 4.23. The number of aromatic nitrogens is 2. The van der Waals surface area contributed by atoms with Crippen LogP contribution in [-0.4, -0.2) is 29.1 Å². The first kappa shape index (κ1) is 15.4. The van der Waals surface area contributed by atoms with Gasteiger partial charge in [0.15, 0.2) is 11.6 Å². The smallest absolute Gasteiger partial charge is 0.251 e. The number of hydrogen-bond donors (Lipinski definition) is 1. The Balaban J connectivity index is 1.85. The summed E-state index contributed by atoms with van der Waals surface area (Å²) < 4.78 is 21.1. The molecule has 0 radical (unpaired) electrons. The van der Waals surface area contributed by atoms with Gasteiger partial charge < -0.3 is 10.1 Å². The van der Waals surface area contributed by atoms with Crippen LogP contribution >= 0.6 is 0 Å². The Morgan fingerprint density at radius 3 is 2.96 bits per heavy atom. The summed E-state index contributed by atoms with van der Waals surface area (Å²) in [5.41, 5.74) is 3.02. The minimum Gasteiger partial charge on any atom is -0.493 e. The van der Waals surface area contributed by atoms with Crippen LogP contribution in [0.3, 0.4) is 0 Å². The summed E-state index contributed by atoms with van der Waals surface area (Å²) in [5.74, 6) is 0.172. The molecule has 2 aromatic carbocycles. The Labute approximate surface area is 144 Å². The van der Waals surface area contributed by atoms with Gasteiger partial charge in [0.25, 0.3) is 5.91 Å². The van der Waals surface area contributed by atoms with Crippen molar-refractivity contribution in [3.63, 3.8) is 0 Å². The zero-order valence-corrected chi connectivity index (χ0v) is 13.6. The van der Waals surface area contributed by atoms with E-state index in [-0.39, 0.29) is 11.7 Å². The van der Waals surface area contributed by atoms with Crippen molar-refractivity contribution in [1.82, 2.24) is 14.9 Å². The molecule has 0 unspecified atom stereocenters. The molecule has 2 heterocycles. The van der Waals surface area contributed by atoms with Gasteiger partial charge in [0, 0.05) is 30.2 Å². The van der Waals surface area contributed by atoms with Gasteiger partial charge in [-0.3, -0.25) is 9.36 Å². The summed E-state index contributed by atoms with van der Waals surface area (Å²) in [6.45, 7) is 0.655. The molecule has 1 aromatic heterocycles. The second kappa shape index (κ2) is 6.05. The van der Waals surface area contributed by atoms with Gasteiger partial charge in [0.05, 0.1) is 12.7 Å². The predicted molar refractivity (Wildman–Crippen MR) is 91.5 cm³/mol. The number of fused-ring (bicyclic) bond motifs is 1. The van der Waals surface area contributed by atoms with Crippen LogP contribution in [-0.2, 0) is 6.42 Å². The molecular formula is C19H16FN3O2. The Bertz CT molecular complexity index is 965. The van der Waals surface area contributed by atoms with E-state index >= 15 is 0 Å². The predicted octanol–water partition coefficient (Wildman–Crippen LogP) is 2.97. The van der Waals surface area contributed by atoms with E-state index in [0.29, 0.717) is 23.5 Å². The summed E-state index contributed by atoms with van der Waals surface area (Å²) in [7, 11) is 1.43. The first-order valence-corrected chi connectivity index (χ1v) is 7.97. The Hall–Kier alpha value is -3.15. The van der Waals surface area contributed by atoms with E-state index in [1.807, 2.05) is 22.8 Å². The highest BCUT2D eigenvalue weighted by Gasteiger charge is 2.19. The highest BCUT2D eigenvalue weighted by Crippen LogP contribution is 2.32. The van der Waals surface area contributed by atoms with E-state index in [9.17, 15) is 9.18 Å². The number of nitrogens with one attached hydrogen (secondary N) is 1. The topological polar surface area (TPSA) is 56.2 Å². The van der Waals surface area contributed by atoms with E-state index in [1.54, 1.807) is 24.5 Å². The van der Waals surface area contributed by atoms with Crippen LogP contribution in [0.1, 0.15) is 15.9 Å². The second-order valence-corrected chi connectivity index (χ2v) is 5.79. The minimum atomic E-state index is -0.445. The van der Waals surface area contributed by atoms with Crippen LogP contribution in [0, 0.1) is 5.82 Å². The Morgan fingerprint density at radius 1 is 1.24 bits per heavy atom. The number of ether oxygens (including phenoxy) is 1. The summed E-state index contributed by atoms with van der Waals surface area (Å²) in [5, 5.41) is 2.85. The highest BCUT2D eigenvalue weighted by atomic mass is 19.1. The number of rotatable bonds is 3. The number of hydrogen-bond acceptors (Lipinski definition) is 3.